The normalized spacial score (nSPS) is 12.0. The van der Waals surface area contributed by atoms with Gasteiger partial charge >= 0.3 is 0 Å². The lowest BCUT2D eigenvalue weighted by Crippen LogP contribution is -2.53. The van der Waals surface area contributed by atoms with Crippen molar-refractivity contribution in [2.75, 3.05) is 17.4 Å². The van der Waals surface area contributed by atoms with Gasteiger partial charge in [0, 0.05) is 24.5 Å². The predicted molar refractivity (Wildman–Crippen MR) is 176 cm³/mol. The SMILES string of the molecule is CC(C)CNC(=O)[C@@H](Cc1ccccc1)N(Cc1ccccc1Cl)C(=O)CN(c1ccc(F)c(Cl)c1)S(=O)(=O)c1ccccc1. The fourth-order valence-electron chi connectivity index (χ4n) is 4.68. The monoisotopic (exact) mass is 669 g/mol. The van der Waals surface area contributed by atoms with E-state index in [0.29, 0.717) is 17.1 Å². The molecule has 2 amide bonds. The number of rotatable bonds is 13. The standard InChI is InChI=1S/C34H34Cl2FN3O4S/c1-24(2)21-38-34(42)32(19-25-11-5-3-6-12-25)39(22-26-13-9-10-16-29(26)35)33(41)23-40(27-17-18-31(37)30(36)20-27)45(43,44)28-14-7-4-8-15-28/h3-18,20,24,32H,19,21-23H2,1-2H3,(H,38,42)/t32-/m1/s1. The maximum Gasteiger partial charge on any atom is 0.264 e. The first-order valence-electron chi connectivity index (χ1n) is 14.3. The first-order chi connectivity index (χ1) is 21.5. The minimum Gasteiger partial charge on any atom is -0.354 e. The molecule has 4 aromatic rings. The molecule has 0 heterocycles. The zero-order valence-corrected chi connectivity index (χ0v) is 27.2. The second-order valence-electron chi connectivity index (χ2n) is 10.9. The summed E-state index contributed by atoms with van der Waals surface area (Å²) in [6.45, 7) is 3.51. The molecule has 0 aromatic heterocycles. The van der Waals surface area contributed by atoms with Gasteiger partial charge in [0.05, 0.1) is 15.6 Å². The van der Waals surface area contributed by atoms with Crippen LogP contribution in [0.15, 0.2) is 108 Å². The highest BCUT2D eigenvalue weighted by Gasteiger charge is 2.35. The number of amides is 2. The molecule has 0 unspecified atom stereocenters. The number of hydrogen-bond donors (Lipinski definition) is 1. The third-order valence-corrected chi connectivity index (χ3v) is 9.50. The van der Waals surface area contributed by atoms with Crippen LogP contribution in [0.2, 0.25) is 10.0 Å². The highest BCUT2D eigenvalue weighted by molar-refractivity contribution is 7.92. The van der Waals surface area contributed by atoms with Crippen LogP contribution < -0.4 is 9.62 Å². The Bertz CT molecular complexity index is 1720. The van der Waals surface area contributed by atoms with Crippen molar-refractivity contribution in [3.63, 3.8) is 0 Å². The molecule has 11 heteroatoms. The highest BCUT2D eigenvalue weighted by Crippen LogP contribution is 2.29. The van der Waals surface area contributed by atoms with Crippen molar-refractivity contribution in [3.05, 3.63) is 130 Å². The Labute approximate surface area is 273 Å². The molecule has 0 aliphatic rings. The van der Waals surface area contributed by atoms with Crippen molar-refractivity contribution < 1.29 is 22.4 Å². The van der Waals surface area contributed by atoms with Crippen molar-refractivity contribution in [2.24, 2.45) is 5.92 Å². The molecule has 1 N–H and O–H groups in total. The van der Waals surface area contributed by atoms with Gasteiger partial charge in [-0.15, -0.1) is 0 Å². The first kappa shape index (κ1) is 34.0. The number of carbonyl (C=O) groups is 2. The number of benzene rings is 4. The number of nitrogens with zero attached hydrogens (tertiary/aromatic N) is 2. The quantitative estimate of drug-likeness (QED) is 0.171. The average molecular weight is 671 g/mol. The van der Waals surface area contributed by atoms with Gasteiger partial charge in [-0.25, -0.2) is 12.8 Å². The fourth-order valence-corrected chi connectivity index (χ4v) is 6.47. The lowest BCUT2D eigenvalue weighted by Gasteiger charge is -2.34. The molecule has 7 nitrogen and oxygen atoms in total. The summed E-state index contributed by atoms with van der Waals surface area (Å²) >= 11 is 12.6. The third-order valence-electron chi connectivity index (χ3n) is 7.06. The minimum atomic E-state index is -4.34. The maximum absolute atomic E-state index is 14.4. The van der Waals surface area contributed by atoms with Gasteiger partial charge in [-0.3, -0.25) is 13.9 Å². The van der Waals surface area contributed by atoms with Crippen LogP contribution in [0.1, 0.15) is 25.0 Å². The highest BCUT2D eigenvalue weighted by atomic mass is 35.5. The second-order valence-corrected chi connectivity index (χ2v) is 13.6. The summed E-state index contributed by atoms with van der Waals surface area (Å²) in [7, 11) is -4.34. The first-order valence-corrected chi connectivity index (χ1v) is 16.5. The lowest BCUT2D eigenvalue weighted by atomic mass is 10.0. The molecular weight excluding hydrogens is 636 g/mol. The van der Waals surface area contributed by atoms with Crippen LogP contribution in [-0.2, 0) is 32.6 Å². The maximum atomic E-state index is 14.4. The summed E-state index contributed by atoms with van der Waals surface area (Å²) in [5.74, 6) is -1.66. The van der Waals surface area contributed by atoms with Crippen LogP contribution in [0.3, 0.4) is 0 Å². The van der Waals surface area contributed by atoms with Crippen LogP contribution >= 0.6 is 23.2 Å². The van der Waals surface area contributed by atoms with Gasteiger partial charge in [-0.05, 0) is 53.4 Å². The summed E-state index contributed by atoms with van der Waals surface area (Å²) in [5, 5.41) is 3.01. The Morgan fingerprint density at radius 3 is 2.09 bits per heavy atom. The number of nitrogens with one attached hydrogen (secondary N) is 1. The van der Waals surface area contributed by atoms with Crippen LogP contribution in [-0.4, -0.2) is 44.3 Å². The molecule has 0 aliphatic carbocycles. The topological polar surface area (TPSA) is 86.8 Å². The van der Waals surface area contributed by atoms with E-state index < -0.39 is 40.2 Å². The number of halogens is 3. The van der Waals surface area contributed by atoms with Gasteiger partial charge in [0.25, 0.3) is 10.0 Å². The Hall–Kier alpha value is -3.92. The van der Waals surface area contributed by atoms with Gasteiger partial charge in [0.2, 0.25) is 11.8 Å². The molecular formula is C34H34Cl2FN3O4S. The van der Waals surface area contributed by atoms with Gasteiger partial charge < -0.3 is 10.2 Å². The largest absolute Gasteiger partial charge is 0.354 e. The Kier molecular flexibility index (Phi) is 11.6. The molecule has 45 heavy (non-hydrogen) atoms. The zero-order chi connectivity index (χ0) is 32.6. The van der Waals surface area contributed by atoms with Gasteiger partial charge in [0.1, 0.15) is 18.4 Å². The molecule has 0 fully saturated rings. The fraction of sp³-hybridized carbons (Fsp3) is 0.235. The molecule has 236 valence electrons. The Balaban J connectivity index is 1.82. The number of sulfonamides is 1. The molecule has 1 atom stereocenters. The molecule has 0 spiro atoms. The van der Waals surface area contributed by atoms with E-state index in [1.54, 1.807) is 42.5 Å². The van der Waals surface area contributed by atoms with Crippen LogP contribution in [0, 0.1) is 11.7 Å². The van der Waals surface area contributed by atoms with Crippen molar-refractivity contribution in [1.29, 1.82) is 0 Å². The van der Waals surface area contributed by atoms with Gasteiger partial charge in [0.15, 0.2) is 0 Å². The predicted octanol–water partition coefficient (Wildman–Crippen LogP) is 6.74. The van der Waals surface area contributed by atoms with Crippen LogP contribution in [0.5, 0.6) is 0 Å². The molecule has 4 rings (SSSR count). The Morgan fingerprint density at radius 2 is 1.47 bits per heavy atom. The summed E-state index contributed by atoms with van der Waals surface area (Å²) in [4.78, 5) is 29.5. The zero-order valence-electron chi connectivity index (χ0n) is 24.9. The van der Waals surface area contributed by atoms with Crippen LogP contribution in [0.4, 0.5) is 10.1 Å². The van der Waals surface area contributed by atoms with Gasteiger partial charge in [-0.2, -0.15) is 0 Å². The summed E-state index contributed by atoms with van der Waals surface area (Å²) < 4.78 is 43.0. The van der Waals surface area contributed by atoms with E-state index in [9.17, 15) is 22.4 Å². The lowest BCUT2D eigenvalue weighted by molar-refractivity contribution is -0.140. The number of hydrogen-bond acceptors (Lipinski definition) is 4. The molecule has 0 radical (unpaired) electrons. The summed E-state index contributed by atoms with van der Waals surface area (Å²) in [5.41, 5.74) is 1.36. The molecule has 0 saturated heterocycles. The molecule has 4 aromatic carbocycles. The summed E-state index contributed by atoms with van der Waals surface area (Å²) in [6.07, 6.45) is 0.161. The van der Waals surface area contributed by atoms with E-state index in [-0.39, 0.29) is 34.5 Å². The van der Waals surface area contributed by atoms with Crippen LogP contribution in [0.25, 0.3) is 0 Å². The van der Waals surface area contributed by atoms with Crippen molar-refractivity contribution in [1.82, 2.24) is 10.2 Å². The van der Waals surface area contributed by atoms with E-state index in [2.05, 4.69) is 5.32 Å². The molecule has 0 saturated carbocycles. The van der Waals surface area contributed by atoms with E-state index in [1.165, 1.54) is 23.1 Å². The van der Waals surface area contributed by atoms with E-state index in [0.717, 1.165) is 22.0 Å². The Morgan fingerprint density at radius 1 is 0.844 bits per heavy atom. The number of carbonyl (C=O) groups excluding carboxylic acids is 2. The van der Waals surface area contributed by atoms with E-state index >= 15 is 0 Å². The minimum absolute atomic E-state index is 0.0137. The van der Waals surface area contributed by atoms with Crippen molar-refractivity contribution >= 4 is 50.7 Å². The number of anilines is 1. The molecule has 0 bridgehead atoms. The average Bonchev–Trinajstić information content (AvgIpc) is 3.03. The third kappa shape index (κ3) is 8.84. The van der Waals surface area contributed by atoms with Crippen molar-refractivity contribution in [3.8, 4) is 0 Å². The van der Waals surface area contributed by atoms with E-state index in [4.69, 9.17) is 23.2 Å². The molecule has 0 aliphatic heterocycles. The van der Waals surface area contributed by atoms with Crippen molar-refractivity contribution in [2.45, 2.75) is 37.8 Å². The smallest absolute Gasteiger partial charge is 0.264 e. The summed E-state index contributed by atoms with van der Waals surface area (Å²) in [6, 6.07) is 26.2. The van der Waals surface area contributed by atoms with E-state index in [1.807, 2.05) is 44.2 Å². The second kappa shape index (κ2) is 15.4. The van der Waals surface area contributed by atoms with Gasteiger partial charge in [-0.1, -0.05) is 104 Å².